The van der Waals surface area contributed by atoms with Crippen LogP contribution in [0.3, 0.4) is 0 Å². The number of carboxylic acids is 1. The lowest BCUT2D eigenvalue weighted by molar-refractivity contribution is -0.137. The number of carboxylic acid groups (broad SMARTS) is 1. The van der Waals surface area contributed by atoms with Gasteiger partial charge in [-0.2, -0.15) is 0 Å². The number of unbranched alkanes of at least 4 members (excludes halogenated alkanes) is 1. The molecule has 0 aliphatic heterocycles. The molecular formula is C14H17Cl2NO3. The molecule has 1 aromatic rings. The van der Waals surface area contributed by atoms with Crippen LogP contribution in [-0.4, -0.2) is 23.5 Å². The SMILES string of the molecule is CC(C(=O)NCCCCC(=O)O)c1ccc(Cl)c(Cl)c1. The fraction of sp³-hybridized carbons (Fsp3) is 0.429. The summed E-state index contributed by atoms with van der Waals surface area (Å²) in [6, 6.07) is 5.11. The second kappa shape index (κ2) is 8.12. The quantitative estimate of drug-likeness (QED) is 0.757. The molecule has 1 unspecified atom stereocenters. The molecule has 0 spiro atoms. The molecule has 0 saturated heterocycles. The van der Waals surface area contributed by atoms with Crippen molar-refractivity contribution in [2.24, 2.45) is 0 Å². The molecule has 0 radical (unpaired) electrons. The normalized spacial score (nSPS) is 11.9. The molecule has 1 amide bonds. The van der Waals surface area contributed by atoms with Crippen molar-refractivity contribution in [2.75, 3.05) is 6.54 Å². The molecule has 0 aliphatic carbocycles. The van der Waals surface area contributed by atoms with Gasteiger partial charge in [-0.3, -0.25) is 9.59 Å². The van der Waals surface area contributed by atoms with Crippen molar-refractivity contribution >= 4 is 35.1 Å². The van der Waals surface area contributed by atoms with E-state index in [1.54, 1.807) is 25.1 Å². The van der Waals surface area contributed by atoms with Gasteiger partial charge in [-0.25, -0.2) is 0 Å². The standard InChI is InChI=1S/C14H17Cl2NO3/c1-9(10-5-6-11(15)12(16)8-10)14(20)17-7-3-2-4-13(18)19/h5-6,8-9H,2-4,7H2,1H3,(H,17,20)(H,18,19). The van der Waals surface area contributed by atoms with E-state index in [4.69, 9.17) is 28.3 Å². The third-order valence-electron chi connectivity index (χ3n) is 2.95. The van der Waals surface area contributed by atoms with Gasteiger partial charge in [-0.05, 0) is 37.5 Å². The second-order valence-corrected chi connectivity index (χ2v) is 5.35. The Kier molecular flexibility index (Phi) is 6.82. The van der Waals surface area contributed by atoms with Crippen LogP contribution in [0.25, 0.3) is 0 Å². The lowest BCUT2D eigenvalue weighted by Crippen LogP contribution is -2.28. The summed E-state index contributed by atoms with van der Waals surface area (Å²) in [5, 5.41) is 12.2. The van der Waals surface area contributed by atoms with Gasteiger partial charge in [0.25, 0.3) is 0 Å². The fourth-order valence-electron chi connectivity index (χ4n) is 1.70. The number of halogens is 2. The average Bonchev–Trinajstić information content (AvgIpc) is 2.40. The number of nitrogens with one attached hydrogen (secondary N) is 1. The maximum absolute atomic E-state index is 11.9. The Bertz CT molecular complexity index is 491. The average molecular weight is 318 g/mol. The van der Waals surface area contributed by atoms with Crippen molar-refractivity contribution in [1.29, 1.82) is 0 Å². The highest BCUT2D eigenvalue weighted by atomic mass is 35.5. The van der Waals surface area contributed by atoms with E-state index in [2.05, 4.69) is 5.32 Å². The minimum Gasteiger partial charge on any atom is -0.481 e. The van der Waals surface area contributed by atoms with Gasteiger partial charge in [0, 0.05) is 13.0 Å². The number of carbonyl (C=O) groups is 2. The minimum atomic E-state index is -0.819. The first-order valence-electron chi connectivity index (χ1n) is 6.36. The molecule has 110 valence electrons. The van der Waals surface area contributed by atoms with E-state index in [1.807, 2.05) is 0 Å². The van der Waals surface area contributed by atoms with Crippen LogP contribution in [0.1, 0.15) is 37.7 Å². The third kappa shape index (κ3) is 5.39. The number of amides is 1. The van der Waals surface area contributed by atoms with E-state index in [0.717, 1.165) is 5.56 Å². The molecule has 1 rings (SSSR count). The van der Waals surface area contributed by atoms with Crippen LogP contribution in [0.2, 0.25) is 10.0 Å². The zero-order valence-corrected chi connectivity index (χ0v) is 12.7. The highest BCUT2D eigenvalue weighted by molar-refractivity contribution is 6.42. The topological polar surface area (TPSA) is 66.4 Å². The maximum Gasteiger partial charge on any atom is 0.303 e. The first kappa shape index (κ1) is 16.8. The van der Waals surface area contributed by atoms with Gasteiger partial charge in [-0.15, -0.1) is 0 Å². The van der Waals surface area contributed by atoms with Crippen molar-refractivity contribution in [3.63, 3.8) is 0 Å². The lowest BCUT2D eigenvalue weighted by Gasteiger charge is -2.13. The highest BCUT2D eigenvalue weighted by Gasteiger charge is 2.15. The van der Waals surface area contributed by atoms with E-state index in [1.165, 1.54) is 0 Å². The lowest BCUT2D eigenvalue weighted by atomic mass is 10.0. The molecule has 0 heterocycles. The predicted molar refractivity (Wildman–Crippen MR) is 79.4 cm³/mol. The zero-order valence-electron chi connectivity index (χ0n) is 11.2. The van der Waals surface area contributed by atoms with Crippen LogP contribution in [-0.2, 0) is 9.59 Å². The molecule has 0 fully saturated rings. The first-order valence-corrected chi connectivity index (χ1v) is 7.12. The van der Waals surface area contributed by atoms with Crippen LogP contribution in [0, 0.1) is 0 Å². The van der Waals surface area contributed by atoms with E-state index < -0.39 is 5.97 Å². The van der Waals surface area contributed by atoms with Gasteiger partial charge < -0.3 is 10.4 Å². The van der Waals surface area contributed by atoms with Crippen LogP contribution in [0.15, 0.2) is 18.2 Å². The number of aliphatic carboxylic acids is 1. The Morgan fingerprint density at radius 2 is 1.95 bits per heavy atom. The van der Waals surface area contributed by atoms with Gasteiger partial charge in [0.05, 0.1) is 16.0 Å². The number of hydrogen-bond donors (Lipinski definition) is 2. The molecule has 1 atom stereocenters. The van der Waals surface area contributed by atoms with E-state index >= 15 is 0 Å². The summed E-state index contributed by atoms with van der Waals surface area (Å²) in [5.74, 6) is -1.26. The van der Waals surface area contributed by atoms with Crippen molar-refractivity contribution < 1.29 is 14.7 Å². The molecule has 1 aromatic carbocycles. The molecule has 2 N–H and O–H groups in total. The fourth-order valence-corrected chi connectivity index (χ4v) is 2.01. The van der Waals surface area contributed by atoms with Gasteiger partial charge in [0.2, 0.25) is 5.91 Å². The van der Waals surface area contributed by atoms with E-state index in [9.17, 15) is 9.59 Å². The zero-order chi connectivity index (χ0) is 15.1. The molecule has 20 heavy (non-hydrogen) atoms. The Balaban J connectivity index is 2.42. The van der Waals surface area contributed by atoms with Gasteiger partial charge in [0.1, 0.15) is 0 Å². The summed E-state index contributed by atoms with van der Waals surface area (Å²) in [5.41, 5.74) is 0.794. The number of benzene rings is 1. The molecule has 6 heteroatoms. The van der Waals surface area contributed by atoms with Crippen LogP contribution in [0.5, 0.6) is 0 Å². The van der Waals surface area contributed by atoms with Gasteiger partial charge in [-0.1, -0.05) is 29.3 Å². The van der Waals surface area contributed by atoms with E-state index in [-0.39, 0.29) is 18.2 Å². The summed E-state index contributed by atoms with van der Waals surface area (Å²) in [6.45, 7) is 2.25. The summed E-state index contributed by atoms with van der Waals surface area (Å²) in [4.78, 5) is 22.3. The summed E-state index contributed by atoms with van der Waals surface area (Å²) in [7, 11) is 0. The largest absolute Gasteiger partial charge is 0.481 e. The van der Waals surface area contributed by atoms with Crippen molar-refractivity contribution in [3.8, 4) is 0 Å². The number of hydrogen-bond acceptors (Lipinski definition) is 2. The molecule has 0 aliphatic rings. The summed E-state index contributed by atoms with van der Waals surface area (Å²) < 4.78 is 0. The monoisotopic (exact) mass is 317 g/mol. The van der Waals surface area contributed by atoms with Gasteiger partial charge in [0.15, 0.2) is 0 Å². The van der Waals surface area contributed by atoms with Crippen LogP contribution in [0.4, 0.5) is 0 Å². The Labute approximate surface area is 128 Å². The minimum absolute atomic E-state index is 0.112. The second-order valence-electron chi connectivity index (χ2n) is 4.54. The molecule has 4 nitrogen and oxygen atoms in total. The van der Waals surface area contributed by atoms with Crippen LogP contribution < -0.4 is 5.32 Å². The third-order valence-corrected chi connectivity index (χ3v) is 3.69. The summed E-state index contributed by atoms with van der Waals surface area (Å²) >= 11 is 11.7. The number of rotatable bonds is 7. The van der Waals surface area contributed by atoms with Crippen molar-refractivity contribution in [2.45, 2.75) is 32.1 Å². The number of carbonyl (C=O) groups excluding carboxylic acids is 1. The van der Waals surface area contributed by atoms with Gasteiger partial charge >= 0.3 is 5.97 Å². The summed E-state index contributed by atoms with van der Waals surface area (Å²) in [6.07, 6.45) is 1.32. The highest BCUT2D eigenvalue weighted by Crippen LogP contribution is 2.26. The van der Waals surface area contributed by atoms with Crippen molar-refractivity contribution in [3.05, 3.63) is 33.8 Å². The van der Waals surface area contributed by atoms with E-state index in [0.29, 0.717) is 29.4 Å². The Morgan fingerprint density at radius 1 is 1.25 bits per heavy atom. The maximum atomic E-state index is 11.9. The molecule has 0 saturated carbocycles. The first-order chi connectivity index (χ1) is 9.41. The van der Waals surface area contributed by atoms with Crippen molar-refractivity contribution in [1.82, 2.24) is 5.32 Å². The molecule has 0 bridgehead atoms. The Morgan fingerprint density at radius 3 is 2.55 bits per heavy atom. The molecule has 0 aromatic heterocycles. The molecular weight excluding hydrogens is 301 g/mol. The smallest absolute Gasteiger partial charge is 0.303 e. The van der Waals surface area contributed by atoms with Crippen LogP contribution >= 0.6 is 23.2 Å². The predicted octanol–water partition coefficient (Wildman–Crippen LogP) is 3.47. The Hall–Kier alpha value is -1.26.